The summed E-state index contributed by atoms with van der Waals surface area (Å²) >= 11 is 0. The molecule has 0 aromatic carbocycles. The normalized spacial score (nSPS) is 20.6. The topological polar surface area (TPSA) is 81.4 Å². The van der Waals surface area contributed by atoms with Gasteiger partial charge in [0.15, 0.2) is 0 Å². The third-order valence-corrected chi connectivity index (χ3v) is 5.96. The van der Waals surface area contributed by atoms with Crippen molar-refractivity contribution in [3.05, 3.63) is 29.5 Å². The van der Waals surface area contributed by atoms with Crippen molar-refractivity contribution in [3.63, 3.8) is 0 Å². The summed E-state index contributed by atoms with van der Waals surface area (Å²) in [5.41, 5.74) is 3.49. The maximum atomic E-state index is 12.9. The molecule has 150 valence electrons. The van der Waals surface area contributed by atoms with Gasteiger partial charge in [0.1, 0.15) is 5.76 Å². The maximum absolute atomic E-state index is 12.9. The average Bonchev–Trinajstić information content (AvgIpc) is 3.33. The summed E-state index contributed by atoms with van der Waals surface area (Å²) in [5, 5.41) is 3.98. The highest BCUT2D eigenvalue weighted by Crippen LogP contribution is 2.27. The number of hydrogen-bond acceptors (Lipinski definition) is 6. The minimum Gasteiger partial charge on any atom is -0.381 e. The summed E-state index contributed by atoms with van der Waals surface area (Å²) < 4.78 is 10.6. The standard InChI is InChI=1S/C21H28N4O3/c1-14-20(15(2)28-24-14)19-13-22-17(12-23-19)5-6-18-4-3-9-25(18)21(26)16-7-10-27-11-8-16/h12-13,16,18H,3-11H2,1-2H3/t18-/m0/s1. The Hall–Kier alpha value is -2.28. The first-order chi connectivity index (χ1) is 13.6. The van der Waals surface area contributed by atoms with Gasteiger partial charge in [-0.2, -0.15) is 0 Å². The molecule has 0 radical (unpaired) electrons. The molecule has 4 heterocycles. The third-order valence-electron chi connectivity index (χ3n) is 5.96. The Balaban J connectivity index is 1.36. The van der Waals surface area contributed by atoms with E-state index >= 15 is 0 Å². The van der Waals surface area contributed by atoms with Gasteiger partial charge < -0.3 is 14.2 Å². The number of ether oxygens (including phenoxy) is 1. The Morgan fingerprint density at radius 1 is 1.18 bits per heavy atom. The molecule has 4 rings (SSSR count). The van der Waals surface area contributed by atoms with E-state index in [0.717, 1.165) is 73.5 Å². The maximum Gasteiger partial charge on any atom is 0.226 e. The Morgan fingerprint density at radius 3 is 2.68 bits per heavy atom. The van der Waals surface area contributed by atoms with Gasteiger partial charge in [-0.05, 0) is 52.4 Å². The number of carbonyl (C=O) groups excluding carboxylic acids is 1. The fourth-order valence-corrected chi connectivity index (χ4v) is 4.38. The van der Waals surface area contributed by atoms with Crippen molar-refractivity contribution in [3.8, 4) is 11.3 Å². The van der Waals surface area contributed by atoms with Crippen molar-refractivity contribution in [2.75, 3.05) is 19.8 Å². The van der Waals surface area contributed by atoms with E-state index < -0.39 is 0 Å². The van der Waals surface area contributed by atoms with Crippen LogP contribution in [0.15, 0.2) is 16.9 Å². The van der Waals surface area contributed by atoms with Crippen LogP contribution in [0.5, 0.6) is 0 Å². The van der Waals surface area contributed by atoms with Gasteiger partial charge in [-0.1, -0.05) is 5.16 Å². The van der Waals surface area contributed by atoms with Crippen LogP contribution in [0.2, 0.25) is 0 Å². The summed E-state index contributed by atoms with van der Waals surface area (Å²) in [6.07, 6.45) is 9.29. The lowest BCUT2D eigenvalue weighted by molar-refractivity contribution is -0.139. The zero-order valence-electron chi connectivity index (χ0n) is 16.7. The Bertz CT molecular complexity index is 792. The van der Waals surface area contributed by atoms with E-state index in [1.54, 1.807) is 6.20 Å². The number of aryl methyl sites for hydroxylation is 3. The molecule has 0 unspecified atom stereocenters. The molecular weight excluding hydrogens is 356 g/mol. The highest BCUT2D eigenvalue weighted by atomic mass is 16.5. The molecule has 28 heavy (non-hydrogen) atoms. The molecule has 2 fully saturated rings. The van der Waals surface area contributed by atoms with E-state index in [0.29, 0.717) is 25.2 Å². The Morgan fingerprint density at radius 2 is 2.00 bits per heavy atom. The van der Waals surface area contributed by atoms with Crippen molar-refractivity contribution in [2.24, 2.45) is 5.92 Å². The van der Waals surface area contributed by atoms with E-state index in [9.17, 15) is 4.79 Å². The van der Waals surface area contributed by atoms with Gasteiger partial charge in [-0.25, -0.2) is 0 Å². The van der Waals surface area contributed by atoms with Crippen LogP contribution in [0.1, 0.15) is 49.3 Å². The molecule has 0 aliphatic carbocycles. The van der Waals surface area contributed by atoms with Gasteiger partial charge >= 0.3 is 0 Å². The predicted octanol–water partition coefficient (Wildman–Crippen LogP) is 3.10. The molecule has 1 amide bonds. The number of carbonyl (C=O) groups is 1. The number of amides is 1. The zero-order chi connectivity index (χ0) is 19.5. The van der Waals surface area contributed by atoms with Crippen LogP contribution in [-0.2, 0) is 16.0 Å². The van der Waals surface area contributed by atoms with E-state index in [1.807, 2.05) is 20.0 Å². The number of hydrogen-bond donors (Lipinski definition) is 0. The molecule has 7 heteroatoms. The highest BCUT2D eigenvalue weighted by Gasteiger charge is 2.33. The third kappa shape index (κ3) is 3.94. The Labute approximate surface area is 165 Å². The van der Waals surface area contributed by atoms with Gasteiger partial charge in [0.2, 0.25) is 5.91 Å². The van der Waals surface area contributed by atoms with Crippen LogP contribution in [0.25, 0.3) is 11.3 Å². The summed E-state index contributed by atoms with van der Waals surface area (Å²) in [4.78, 5) is 24.1. The largest absolute Gasteiger partial charge is 0.381 e. The molecule has 2 saturated heterocycles. The molecular formula is C21H28N4O3. The molecule has 0 spiro atoms. The first-order valence-electron chi connectivity index (χ1n) is 10.3. The lowest BCUT2D eigenvalue weighted by Crippen LogP contribution is -2.41. The first-order valence-corrected chi connectivity index (χ1v) is 10.3. The number of likely N-dealkylation sites (tertiary alicyclic amines) is 1. The van der Waals surface area contributed by atoms with E-state index in [2.05, 4.69) is 20.0 Å². The smallest absolute Gasteiger partial charge is 0.226 e. The van der Waals surface area contributed by atoms with Crippen molar-refractivity contribution in [2.45, 2.75) is 58.4 Å². The minimum absolute atomic E-state index is 0.142. The van der Waals surface area contributed by atoms with Crippen LogP contribution in [-0.4, -0.2) is 51.7 Å². The van der Waals surface area contributed by atoms with Crippen LogP contribution in [0.3, 0.4) is 0 Å². The van der Waals surface area contributed by atoms with Gasteiger partial charge in [-0.3, -0.25) is 14.8 Å². The molecule has 2 aromatic rings. The average molecular weight is 384 g/mol. The lowest BCUT2D eigenvalue weighted by atomic mass is 9.97. The van der Waals surface area contributed by atoms with Crippen molar-refractivity contribution < 1.29 is 14.1 Å². The summed E-state index contributed by atoms with van der Waals surface area (Å²) in [7, 11) is 0. The van der Waals surface area contributed by atoms with E-state index in [-0.39, 0.29) is 5.92 Å². The molecule has 7 nitrogen and oxygen atoms in total. The SMILES string of the molecule is Cc1noc(C)c1-c1cnc(CC[C@@H]2CCCN2C(=O)C2CCOCC2)cn1. The van der Waals surface area contributed by atoms with Gasteiger partial charge in [0, 0.05) is 37.9 Å². The quantitative estimate of drug-likeness (QED) is 0.788. The summed E-state index contributed by atoms with van der Waals surface area (Å²) in [5.74, 6) is 1.22. The number of aromatic nitrogens is 3. The van der Waals surface area contributed by atoms with Gasteiger partial charge in [0.25, 0.3) is 0 Å². The monoisotopic (exact) mass is 384 g/mol. The summed E-state index contributed by atoms with van der Waals surface area (Å²) in [6, 6.07) is 0.319. The molecule has 2 aromatic heterocycles. The van der Waals surface area contributed by atoms with Crippen LogP contribution < -0.4 is 0 Å². The second-order valence-corrected chi connectivity index (χ2v) is 7.85. The predicted molar refractivity (Wildman–Crippen MR) is 104 cm³/mol. The lowest BCUT2D eigenvalue weighted by Gasteiger charge is -2.30. The van der Waals surface area contributed by atoms with Gasteiger partial charge in [-0.15, -0.1) is 0 Å². The molecule has 2 aliphatic heterocycles. The molecule has 2 aliphatic rings. The fourth-order valence-electron chi connectivity index (χ4n) is 4.38. The molecule has 0 bridgehead atoms. The molecule has 0 saturated carbocycles. The second-order valence-electron chi connectivity index (χ2n) is 7.85. The summed E-state index contributed by atoms with van der Waals surface area (Å²) in [6.45, 7) is 6.10. The van der Waals surface area contributed by atoms with Gasteiger partial charge in [0.05, 0.1) is 28.8 Å². The number of rotatable bonds is 5. The molecule has 1 atom stereocenters. The second kappa shape index (κ2) is 8.39. The zero-order valence-corrected chi connectivity index (χ0v) is 16.7. The highest BCUT2D eigenvalue weighted by molar-refractivity contribution is 5.79. The first kappa shape index (κ1) is 19.1. The fraction of sp³-hybridized carbons (Fsp3) is 0.619. The van der Waals surface area contributed by atoms with Crippen molar-refractivity contribution in [1.82, 2.24) is 20.0 Å². The van der Waals surface area contributed by atoms with E-state index in [4.69, 9.17) is 9.26 Å². The molecule has 0 N–H and O–H groups in total. The Kier molecular flexibility index (Phi) is 5.71. The van der Waals surface area contributed by atoms with Crippen LogP contribution in [0, 0.1) is 19.8 Å². The number of nitrogens with zero attached hydrogens (tertiary/aromatic N) is 4. The van der Waals surface area contributed by atoms with Crippen LogP contribution in [0.4, 0.5) is 0 Å². The van der Waals surface area contributed by atoms with E-state index in [1.165, 1.54) is 0 Å². The van der Waals surface area contributed by atoms with Crippen molar-refractivity contribution >= 4 is 5.91 Å². The van der Waals surface area contributed by atoms with Crippen LogP contribution >= 0.6 is 0 Å². The van der Waals surface area contributed by atoms with Crippen molar-refractivity contribution in [1.29, 1.82) is 0 Å². The minimum atomic E-state index is 0.142.